The third kappa shape index (κ3) is 4.46. The normalized spacial score (nSPS) is 11.3. The van der Waals surface area contributed by atoms with E-state index in [1.54, 1.807) is 28.9 Å². The highest BCUT2D eigenvalue weighted by atomic mass is 16.1. The fourth-order valence-electron chi connectivity index (χ4n) is 2.82. The smallest absolute Gasteiger partial charge is 0.256 e. The summed E-state index contributed by atoms with van der Waals surface area (Å²) in [6.07, 6.45) is 0. The number of amides is 1. The quantitative estimate of drug-likeness (QED) is 0.651. The summed E-state index contributed by atoms with van der Waals surface area (Å²) in [4.78, 5) is 12.6. The van der Waals surface area contributed by atoms with Crippen molar-refractivity contribution in [2.45, 2.75) is 20.4 Å². The molecule has 3 aromatic rings. The number of allylic oxidation sites excluding steroid dienone is 1. The highest BCUT2D eigenvalue weighted by Gasteiger charge is 2.16. The van der Waals surface area contributed by atoms with Gasteiger partial charge in [-0.1, -0.05) is 48.5 Å². The van der Waals surface area contributed by atoms with Crippen molar-refractivity contribution in [3.8, 4) is 6.07 Å². The Morgan fingerprint density at radius 3 is 2.29 bits per heavy atom. The van der Waals surface area contributed by atoms with Gasteiger partial charge in [0.15, 0.2) is 11.5 Å². The molecule has 3 rings (SSSR count). The molecule has 140 valence electrons. The van der Waals surface area contributed by atoms with Crippen molar-refractivity contribution in [2.75, 3.05) is 0 Å². The average molecular weight is 371 g/mol. The van der Waals surface area contributed by atoms with Crippen LogP contribution in [0.4, 0.5) is 0 Å². The number of nitrogens with one attached hydrogen (secondary N) is 2. The van der Waals surface area contributed by atoms with E-state index in [1.165, 1.54) is 0 Å². The Kier molecular flexibility index (Phi) is 5.87. The topological polar surface area (TPSA) is 82.7 Å². The van der Waals surface area contributed by atoms with E-state index in [-0.39, 0.29) is 11.6 Å². The fraction of sp³-hybridized carbons (Fsp3) is 0.136. The molecule has 0 unspecified atom stereocenters. The van der Waals surface area contributed by atoms with Gasteiger partial charge in [0.1, 0.15) is 6.07 Å². The first-order valence-electron chi connectivity index (χ1n) is 8.90. The van der Waals surface area contributed by atoms with Crippen LogP contribution in [0.5, 0.6) is 0 Å². The predicted octanol–water partition coefficient (Wildman–Crippen LogP) is 3.37. The van der Waals surface area contributed by atoms with Gasteiger partial charge < -0.3 is 10.6 Å². The molecule has 0 aliphatic carbocycles. The Balaban J connectivity index is 1.95. The van der Waals surface area contributed by atoms with Gasteiger partial charge in [0.25, 0.3) is 5.91 Å². The van der Waals surface area contributed by atoms with Crippen molar-refractivity contribution in [3.05, 3.63) is 94.9 Å². The zero-order valence-electron chi connectivity index (χ0n) is 15.8. The number of carbonyl (C=O) groups excluding carboxylic acids is 1. The maximum Gasteiger partial charge on any atom is 0.256 e. The van der Waals surface area contributed by atoms with Crippen molar-refractivity contribution in [3.63, 3.8) is 0 Å². The standard InChI is InChI=1S/C22H21N5O/c1-16-13-17(2)27(26-16)21(24-15-18-9-5-3-6-10-18)20(14-23)25-22(28)19-11-7-4-8-12-19/h3-13,24H,15H2,1-2H3,(H,25,28). The molecular weight excluding hydrogens is 350 g/mol. The minimum atomic E-state index is -0.349. The minimum Gasteiger partial charge on any atom is -0.364 e. The van der Waals surface area contributed by atoms with E-state index in [1.807, 2.05) is 56.3 Å². The van der Waals surface area contributed by atoms with Crippen molar-refractivity contribution in [1.82, 2.24) is 20.4 Å². The third-order valence-electron chi connectivity index (χ3n) is 4.15. The number of hydrogen-bond donors (Lipinski definition) is 2. The summed E-state index contributed by atoms with van der Waals surface area (Å²) in [6.45, 7) is 4.27. The van der Waals surface area contributed by atoms with Gasteiger partial charge in [-0.15, -0.1) is 0 Å². The van der Waals surface area contributed by atoms with E-state index in [9.17, 15) is 10.1 Å². The Morgan fingerprint density at radius 1 is 1.07 bits per heavy atom. The third-order valence-corrected chi connectivity index (χ3v) is 4.15. The van der Waals surface area contributed by atoms with Crippen molar-refractivity contribution in [2.24, 2.45) is 0 Å². The molecule has 0 bridgehead atoms. The maximum atomic E-state index is 12.6. The highest BCUT2D eigenvalue weighted by molar-refractivity contribution is 5.96. The summed E-state index contributed by atoms with van der Waals surface area (Å²) in [5.41, 5.74) is 3.31. The van der Waals surface area contributed by atoms with Gasteiger partial charge in [-0.25, -0.2) is 4.68 Å². The van der Waals surface area contributed by atoms with Crippen LogP contribution in [0.1, 0.15) is 27.3 Å². The molecule has 0 fully saturated rings. The van der Waals surface area contributed by atoms with E-state index in [2.05, 4.69) is 21.8 Å². The predicted molar refractivity (Wildman–Crippen MR) is 108 cm³/mol. The summed E-state index contributed by atoms with van der Waals surface area (Å²) < 4.78 is 1.64. The number of nitrogens with zero attached hydrogens (tertiary/aromatic N) is 3. The first kappa shape index (κ1) is 18.9. The molecular formula is C22H21N5O. The van der Waals surface area contributed by atoms with E-state index in [0.29, 0.717) is 17.9 Å². The molecule has 0 spiro atoms. The second kappa shape index (κ2) is 8.69. The van der Waals surface area contributed by atoms with Crippen LogP contribution < -0.4 is 10.6 Å². The van der Waals surface area contributed by atoms with Crippen LogP contribution >= 0.6 is 0 Å². The van der Waals surface area contributed by atoms with E-state index >= 15 is 0 Å². The van der Waals surface area contributed by atoms with E-state index in [4.69, 9.17) is 0 Å². The molecule has 2 N–H and O–H groups in total. The number of benzene rings is 2. The molecule has 1 heterocycles. The van der Waals surface area contributed by atoms with Crippen LogP contribution in [0, 0.1) is 25.2 Å². The Hall–Kier alpha value is -3.85. The van der Waals surface area contributed by atoms with E-state index < -0.39 is 0 Å². The molecule has 0 aliphatic heterocycles. The van der Waals surface area contributed by atoms with Crippen LogP contribution in [0.2, 0.25) is 0 Å². The number of carbonyl (C=O) groups is 1. The number of hydrogen-bond acceptors (Lipinski definition) is 4. The molecule has 0 atom stereocenters. The van der Waals surface area contributed by atoms with Crippen LogP contribution in [-0.4, -0.2) is 15.7 Å². The van der Waals surface area contributed by atoms with Crippen molar-refractivity contribution >= 4 is 11.7 Å². The molecule has 0 saturated carbocycles. The molecule has 0 radical (unpaired) electrons. The van der Waals surface area contributed by atoms with Crippen LogP contribution in [0.3, 0.4) is 0 Å². The first-order chi connectivity index (χ1) is 13.6. The molecule has 6 heteroatoms. The summed E-state index contributed by atoms with van der Waals surface area (Å²) in [5.74, 6) is 0.0823. The summed E-state index contributed by atoms with van der Waals surface area (Å²) >= 11 is 0. The Morgan fingerprint density at radius 2 is 1.71 bits per heavy atom. The second-order valence-corrected chi connectivity index (χ2v) is 6.33. The number of nitriles is 1. The number of aromatic nitrogens is 2. The van der Waals surface area contributed by atoms with Crippen LogP contribution in [0.15, 0.2) is 72.4 Å². The second-order valence-electron chi connectivity index (χ2n) is 6.33. The lowest BCUT2D eigenvalue weighted by atomic mass is 10.2. The minimum absolute atomic E-state index is 0.107. The van der Waals surface area contributed by atoms with Crippen molar-refractivity contribution in [1.29, 1.82) is 5.26 Å². The zero-order chi connectivity index (χ0) is 19.9. The average Bonchev–Trinajstić information content (AvgIpc) is 3.06. The largest absolute Gasteiger partial charge is 0.364 e. The number of rotatable bonds is 6. The van der Waals surface area contributed by atoms with E-state index in [0.717, 1.165) is 17.0 Å². The highest BCUT2D eigenvalue weighted by Crippen LogP contribution is 2.13. The summed E-state index contributed by atoms with van der Waals surface area (Å²) in [5, 5.41) is 20.2. The first-order valence-corrected chi connectivity index (χ1v) is 8.90. The molecule has 0 saturated heterocycles. The van der Waals surface area contributed by atoms with Gasteiger partial charge >= 0.3 is 0 Å². The van der Waals surface area contributed by atoms with Crippen LogP contribution in [-0.2, 0) is 6.54 Å². The lowest BCUT2D eigenvalue weighted by molar-refractivity contribution is 0.0967. The zero-order valence-corrected chi connectivity index (χ0v) is 15.8. The summed E-state index contributed by atoms with van der Waals surface area (Å²) in [7, 11) is 0. The van der Waals surface area contributed by atoms with Gasteiger partial charge in [0.2, 0.25) is 0 Å². The lowest BCUT2D eigenvalue weighted by Crippen LogP contribution is -2.29. The van der Waals surface area contributed by atoms with Gasteiger partial charge in [0.05, 0.1) is 5.69 Å². The molecule has 1 aromatic heterocycles. The summed E-state index contributed by atoms with van der Waals surface area (Å²) in [6, 6.07) is 22.6. The lowest BCUT2D eigenvalue weighted by Gasteiger charge is -2.16. The Labute approximate surface area is 164 Å². The van der Waals surface area contributed by atoms with Gasteiger partial charge in [-0.3, -0.25) is 4.79 Å². The molecule has 1 amide bonds. The maximum absolute atomic E-state index is 12.6. The number of aryl methyl sites for hydroxylation is 2. The van der Waals surface area contributed by atoms with Crippen molar-refractivity contribution < 1.29 is 4.79 Å². The fourth-order valence-corrected chi connectivity index (χ4v) is 2.82. The van der Waals surface area contributed by atoms with Gasteiger partial charge in [-0.2, -0.15) is 10.4 Å². The Bertz CT molecular complexity index is 1030. The van der Waals surface area contributed by atoms with Gasteiger partial charge in [0, 0.05) is 17.8 Å². The molecule has 28 heavy (non-hydrogen) atoms. The van der Waals surface area contributed by atoms with Crippen LogP contribution in [0.25, 0.3) is 5.82 Å². The monoisotopic (exact) mass is 371 g/mol. The molecule has 0 aliphatic rings. The molecule has 6 nitrogen and oxygen atoms in total. The SMILES string of the molecule is Cc1cc(C)n(C(NCc2ccccc2)=C(C#N)NC(=O)c2ccccc2)n1. The van der Waals surface area contributed by atoms with Gasteiger partial charge in [-0.05, 0) is 37.6 Å². The molecule has 2 aromatic carbocycles.